The van der Waals surface area contributed by atoms with E-state index in [1.165, 1.54) is 17.9 Å². The van der Waals surface area contributed by atoms with Crippen molar-refractivity contribution in [2.24, 2.45) is 0 Å². The Morgan fingerprint density at radius 3 is 1.60 bits per heavy atom. The van der Waals surface area contributed by atoms with E-state index < -0.39 is 0 Å². The van der Waals surface area contributed by atoms with E-state index in [0.717, 1.165) is 0 Å². The Hall–Kier alpha value is 0.700. The quantitative estimate of drug-likeness (QED) is 0.555. The second-order valence-electron chi connectivity index (χ2n) is 2.45. The van der Waals surface area contributed by atoms with Crippen LogP contribution >= 0.6 is 23.5 Å². The first kappa shape index (κ1) is 10.7. The molecule has 0 aromatic heterocycles. The lowest BCUT2D eigenvalue weighted by Crippen LogP contribution is -2.15. The summed E-state index contributed by atoms with van der Waals surface area (Å²) in [5, 5.41) is 0. The molecule has 0 aromatic rings. The fourth-order valence-electron chi connectivity index (χ4n) is 0.737. The molecule has 62 valence electrons. The zero-order valence-corrected chi connectivity index (χ0v) is 9.07. The van der Waals surface area contributed by atoms with E-state index in [-0.39, 0.29) is 0 Å². The van der Waals surface area contributed by atoms with Gasteiger partial charge in [-0.25, -0.2) is 0 Å². The van der Waals surface area contributed by atoms with Crippen molar-refractivity contribution in [3.05, 3.63) is 0 Å². The van der Waals surface area contributed by atoms with Crippen molar-refractivity contribution in [2.45, 2.75) is 38.2 Å². The highest BCUT2D eigenvalue weighted by Crippen LogP contribution is 2.40. The summed E-state index contributed by atoms with van der Waals surface area (Å²) in [6, 6.07) is 0. The summed E-state index contributed by atoms with van der Waals surface area (Å²) in [7, 11) is 0. The van der Waals surface area contributed by atoms with Crippen LogP contribution in [0.15, 0.2) is 0 Å². The van der Waals surface area contributed by atoms with Crippen LogP contribution in [0.2, 0.25) is 0 Å². The van der Waals surface area contributed by atoms with Gasteiger partial charge in [-0.15, -0.1) is 23.5 Å². The standard InChI is InChI=1S/C6H12S2.C2H6/c1-6(2)7-4-3-5-8-6;1-2/h3-5H2,1-2H3;1-2H3. The highest BCUT2D eigenvalue weighted by molar-refractivity contribution is 8.18. The molecule has 0 N–H and O–H groups in total. The molecule has 1 aliphatic heterocycles. The number of hydrogen-bond acceptors (Lipinski definition) is 2. The monoisotopic (exact) mass is 178 g/mol. The Labute approximate surface area is 73.5 Å². The predicted molar refractivity (Wildman–Crippen MR) is 55.0 cm³/mol. The molecule has 0 atom stereocenters. The van der Waals surface area contributed by atoms with E-state index >= 15 is 0 Å². The first-order chi connectivity index (χ1) is 4.71. The summed E-state index contributed by atoms with van der Waals surface area (Å²) in [6.45, 7) is 8.61. The minimum atomic E-state index is 0.512. The van der Waals surface area contributed by atoms with Crippen molar-refractivity contribution in [1.29, 1.82) is 0 Å². The zero-order chi connectivity index (χ0) is 8.04. The van der Waals surface area contributed by atoms with Crippen LogP contribution in [0.25, 0.3) is 0 Å². The Kier molecular flexibility index (Phi) is 5.74. The maximum atomic E-state index is 2.31. The largest absolute Gasteiger partial charge is 0.145 e. The molecule has 1 saturated heterocycles. The van der Waals surface area contributed by atoms with Crippen molar-refractivity contribution >= 4 is 23.5 Å². The lowest BCUT2D eigenvalue weighted by atomic mass is 10.5. The summed E-state index contributed by atoms with van der Waals surface area (Å²) in [5.74, 6) is 2.72. The zero-order valence-electron chi connectivity index (χ0n) is 7.44. The van der Waals surface area contributed by atoms with E-state index in [1.54, 1.807) is 0 Å². The van der Waals surface area contributed by atoms with Gasteiger partial charge in [-0.3, -0.25) is 0 Å². The third-order valence-electron chi connectivity index (χ3n) is 1.19. The Balaban J connectivity index is 0.000000371. The van der Waals surface area contributed by atoms with Crippen LogP contribution in [0.1, 0.15) is 34.1 Å². The smallest absolute Gasteiger partial charge is 0.0555 e. The van der Waals surface area contributed by atoms with Crippen molar-refractivity contribution in [3.8, 4) is 0 Å². The fraction of sp³-hybridized carbons (Fsp3) is 1.00. The van der Waals surface area contributed by atoms with E-state index in [9.17, 15) is 0 Å². The van der Waals surface area contributed by atoms with Gasteiger partial charge in [0.05, 0.1) is 4.08 Å². The molecule has 0 radical (unpaired) electrons. The van der Waals surface area contributed by atoms with Gasteiger partial charge in [-0.05, 0) is 31.8 Å². The SMILES string of the molecule is CC.CC1(C)SCCCS1. The minimum Gasteiger partial charge on any atom is -0.145 e. The van der Waals surface area contributed by atoms with Crippen LogP contribution in [0.5, 0.6) is 0 Å². The second-order valence-corrected chi connectivity index (χ2v) is 6.14. The molecule has 0 aromatic carbocycles. The first-order valence-electron chi connectivity index (χ1n) is 3.99. The summed E-state index contributed by atoms with van der Waals surface area (Å²) in [5.41, 5.74) is 0. The third kappa shape index (κ3) is 4.51. The minimum absolute atomic E-state index is 0.512. The second kappa shape index (κ2) is 5.36. The molecule has 1 aliphatic rings. The summed E-state index contributed by atoms with van der Waals surface area (Å²) < 4.78 is 0.512. The van der Waals surface area contributed by atoms with Crippen LogP contribution in [0, 0.1) is 0 Å². The van der Waals surface area contributed by atoms with Gasteiger partial charge in [0.25, 0.3) is 0 Å². The van der Waals surface area contributed by atoms with Crippen molar-refractivity contribution in [1.82, 2.24) is 0 Å². The first-order valence-corrected chi connectivity index (χ1v) is 5.96. The van der Waals surface area contributed by atoms with Crippen LogP contribution in [-0.2, 0) is 0 Å². The van der Waals surface area contributed by atoms with Gasteiger partial charge in [0.1, 0.15) is 0 Å². The Morgan fingerprint density at radius 1 is 1.00 bits per heavy atom. The lowest BCUT2D eigenvalue weighted by Gasteiger charge is -2.27. The molecule has 0 unspecified atom stereocenters. The lowest BCUT2D eigenvalue weighted by molar-refractivity contribution is 0.976. The van der Waals surface area contributed by atoms with E-state index in [1.807, 2.05) is 13.8 Å². The van der Waals surface area contributed by atoms with Gasteiger partial charge in [0.15, 0.2) is 0 Å². The van der Waals surface area contributed by atoms with Crippen molar-refractivity contribution in [2.75, 3.05) is 11.5 Å². The normalized spacial score (nSPS) is 22.8. The van der Waals surface area contributed by atoms with Gasteiger partial charge in [0, 0.05) is 0 Å². The van der Waals surface area contributed by atoms with Crippen LogP contribution in [-0.4, -0.2) is 15.6 Å². The Bertz CT molecular complexity index is 71.3. The van der Waals surface area contributed by atoms with Gasteiger partial charge in [-0.1, -0.05) is 13.8 Å². The highest BCUT2D eigenvalue weighted by Gasteiger charge is 2.21. The summed E-state index contributed by atoms with van der Waals surface area (Å²) >= 11 is 4.17. The average Bonchev–Trinajstić information content (AvgIpc) is 1.92. The molecule has 10 heavy (non-hydrogen) atoms. The molecule has 1 rings (SSSR count). The van der Waals surface area contributed by atoms with Gasteiger partial charge < -0.3 is 0 Å². The van der Waals surface area contributed by atoms with E-state index in [0.29, 0.717) is 4.08 Å². The van der Waals surface area contributed by atoms with Crippen LogP contribution in [0.4, 0.5) is 0 Å². The third-order valence-corrected chi connectivity index (χ3v) is 4.27. The van der Waals surface area contributed by atoms with Crippen LogP contribution < -0.4 is 0 Å². The molecule has 0 spiro atoms. The molecule has 0 bridgehead atoms. The molecule has 1 fully saturated rings. The molecule has 0 aliphatic carbocycles. The van der Waals surface area contributed by atoms with Gasteiger partial charge >= 0.3 is 0 Å². The van der Waals surface area contributed by atoms with E-state index in [4.69, 9.17) is 0 Å². The van der Waals surface area contributed by atoms with E-state index in [2.05, 4.69) is 37.4 Å². The molecule has 0 saturated carbocycles. The summed E-state index contributed by atoms with van der Waals surface area (Å²) in [6.07, 6.45) is 1.40. The molecule has 0 nitrogen and oxygen atoms in total. The van der Waals surface area contributed by atoms with Crippen molar-refractivity contribution < 1.29 is 0 Å². The predicted octanol–water partition coefficient (Wildman–Crippen LogP) is 3.62. The molecular formula is C8H18S2. The fourth-order valence-corrected chi connectivity index (χ4v) is 3.31. The summed E-state index contributed by atoms with van der Waals surface area (Å²) in [4.78, 5) is 0. The van der Waals surface area contributed by atoms with Crippen molar-refractivity contribution in [3.63, 3.8) is 0 Å². The number of thioether (sulfide) groups is 2. The molecule has 1 heterocycles. The van der Waals surface area contributed by atoms with Crippen LogP contribution in [0.3, 0.4) is 0 Å². The maximum Gasteiger partial charge on any atom is 0.0555 e. The molecular weight excluding hydrogens is 160 g/mol. The van der Waals surface area contributed by atoms with Gasteiger partial charge in [-0.2, -0.15) is 0 Å². The molecule has 2 heteroatoms. The Morgan fingerprint density at radius 2 is 1.40 bits per heavy atom. The molecule has 0 amide bonds. The number of hydrogen-bond donors (Lipinski definition) is 0. The van der Waals surface area contributed by atoms with Gasteiger partial charge in [0.2, 0.25) is 0 Å². The topological polar surface area (TPSA) is 0 Å². The maximum absolute atomic E-state index is 2.31. The number of rotatable bonds is 0. The highest BCUT2D eigenvalue weighted by atomic mass is 32.2. The average molecular weight is 178 g/mol.